The van der Waals surface area contributed by atoms with E-state index in [0.29, 0.717) is 18.5 Å². The number of phenolic OH excluding ortho intramolecular Hbond substituents is 1. The Morgan fingerprint density at radius 2 is 1.92 bits per heavy atom. The highest BCUT2D eigenvalue weighted by atomic mass is 16.4. The SMILES string of the molecule is N#C/C(=C\c1c(O)ccc2ccc(=O)oc12)C(=O)N1CCCCC1. The van der Waals surface area contributed by atoms with Gasteiger partial charge in [-0.25, -0.2) is 4.79 Å². The fourth-order valence-corrected chi connectivity index (χ4v) is 2.84. The van der Waals surface area contributed by atoms with Gasteiger partial charge in [0.05, 0.1) is 5.56 Å². The van der Waals surface area contributed by atoms with E-state index in [0.717, 1.165) is 19.3 Å². The minimum Gasteiger partial charge on any atom is -0.507 e. The van der Waals surface area contributed by atoms with E-state index in [1.54, 1.807) is 17.0 Å². The normalized spacial score (nSPS) is 15.3. The lowest BCUT2D eigenvalue weighted by molar-refractivity contribution is -0.127. The summed E-state index contributed by atoms with van der Waals surface area (Å²) >= 11 is 0. The van der Waals surface area contributed by atoms with Crippen molar-refractivity contribution in [3.63, 3.8) is 0 Å². The van der Waals surface area contributed by atoms with Gasteiger partial charge in [-0.2, -0.15) is 5.26 Å². The summed E-state index contributed by atoms with van der Waals surface area (Å²) in [5.41, 5.74) is -0.344. The number of hydrogen-bond acceptors (Lipinski definition) is 5. The summed E-state index contributed by atoms with van der Waals surface area (Å²) in [6.45, 7) is 1.24. The molecule has 1 saturated heterocycles. The van der Waals surface area contributed by atoms with E-state index in [1.165, 1.54) is 18.2 Å². The van der Waals surface area contributed by atoms with E-state index in [9.17, 15) is 20.0 Å². The number of aromatic hydroxyl groups is 1. The van der Waals surface area contributed by atoms with Crippen LogP contribution in [-0.2, 0) is 4.79 Å². The van der Waals surface area contributed by atoms with Crippen molar-refractivity contribution in [3.8, 4) is 11.8 Å². The summed E-state index contributed by atoms with van der Waals surface area (Å²) in [5, 5.41) is 20.1. The first-order valence-electron chi connectivity index (χ1n) is 7.77. The molecule has 1 aliphatic heterocycles. The number of likely N-dealkylation sites (tertiary alicyclic amines) is 1. The minimum atomic E-state index is -0.566. The van der Waals surface area contributed by atoms with Gasteiger partial charge in [0.25, 0.3) is 5.91 Å². The van der Waals surface area contributed by atoms with Crippen molar-refractivity contribution in [2.75, 3.05) is 13.1 Å². The highest BCUT2D eigenvalue weighted by molar-refractivity contribution is 6.04. The van der Waals surface area contributed by atoms with Crippen LogP contribution in [-0.4, -0.2) is 29.0 Å². The highest BCUT2D eigenvalue weighted by Crippen LogP contribution is 2.29. The molecule has 1 N–H and O–H groups in total. The zero-order chi connectivity index (χ0) is 17.1. The fourth-order valence-electron chi connectivity index (χ4n) is 2.84. The number of hydrogen-bond donors (Lipinski definition) is 1. The van der Waals surface area contributed by atoms with Crippen molar-refractivity contribution in [3.05, 3.63) is 45.8 Å². The van der Waals surface area contributed by atoms with Crippen molar-refractivity contribution in [2.24, 2.45) is 0 Å². The second-order valence-corrected chi connectivity index (χ2v) is 5.69. The Bertz CT molecular complexity index is 915. The average Bonchev–Trinajstić information content (AvgIpc) is 2.61. The Labute approximate surface area is 138 Å². The molecule has 6 nitrogen and oxygen atoms in total. The molecule has 0 atom stereocenters. The average molecular weight is 324 g/mol. The fraction of sp³-hybridized carbons (Fsp3) is 0.278. The number of fused-ring (bicyclic) bond motifs is 1. The standard InChI is InChI=1S/C18H16N2O4/c19-11-13(18(23)20-8-2-1-3-9-20)10-14-15(21)6-4-12-5-7-16(22)24-17(12)14/h4-7,10,21H,1-3,8-9H2/b13-10+. The highest BCUT2D eigenvalue weighted by Gasteiger charge is 2.21. The number of piperidine rings is 1. The van der Waals surface area contributed by atoms with Crippen LogP contribution in [0.15, 0.2) is 39.1 Å². The number of benzene rings is 1. The van der Waals surface area contributed by atoms with Crippen molar-refractivity contribution in [2.45, 2.75) is 19.3 Å². The predicted octanol–water partition coefficient (Wildman–Crippen LogP) is 2.42. The molecule has 0 radical (unpaired) electrons. The Balaban J connectivity index is 2.08. The second kappa shape index (κ2) is 6.59. The van der Waals surface area contributed by atoms with Crippen LogP contribution in [0.3, 0.4) is 0 Å². The van der Waals surface area contributed by atoms with Gasteiger partial charge in [-0.05, 0) is 43.5 Å². The molecule has 1 fully saturated rings. The van der Waals surface area contributed by atoms with Crippen molar-refractivity contribution >= 4 is 23.0 Å². The third-order valence-electron chi connectivity index (χ3n) is 4.09. The Kier molecular flexibility index (Phi) is 4.34. The van der Waals surface area contributed by atoms with Crippen molar-refractivity contribution < 1.29 is 14.3 Å². The van der Waals surface area contributed by atoms with Crippen LogP contribution in [0.1, 0.15) is 24.8 Å². The first kappa shape index (κ1) is 15.8. The molecule has 1 aromatic heterocycles. The number of amides is 1. The summed E-state index contributed by atoms with van der Waals surface area (Å²) in [7, 11) is 0. The summed E-state index contributed by atoms with van der Waals surface area (Å²) < 4.78 is 5.15. The summed E-state index contributed by atoms with van der Waals surface area (Å²) in [4.78, 5) is 25.6. The summed E-state index contributed by atoms with van der Waals surface area (Å²) in [5.74, 6) is -0.525. The maximum atomic E-state index is 12.5. The Hall–Kier alpha value is -3.07. The topological polar surface area (TPSA) is 94.5 Å². The molecule has 1 aromatic carbocycles. The van der Waals surface area contributed by atoms with Gasteiger partial charge >= 0.3 is 5.63 Å². The largest absolute Gasteiger partial charge is 0.507 e. The maximum absolute atomic E-state index is 12.5. The van der Waals surface area contributed by atoms with Gasteiger partial charge in [-0.15, -0.1) is 0 Å². The van der Waals surface area contributed by atoms with Crippen LogP contribution < -0.4 is 5.63 Å². The molecule has 1 aliphatic rings. The van der Waals surface area contributed by atoms with Crippen LogP contribution in [0.25, 0.3) is 17.0 Å². The van der Waals surface area contributed by atoms with Crippen LogP contribution in [0.4, 0.5) is 0 Å². The van der Waals surface area contributed by atoms with Crippen molar-refractivity contribution in [1.29, 1.82) is 5.26 Å². The Morgan fingerprint density at radius 3 is 2.62 bits per heavy atom. The summed E-state index contributed by atoms with van der Waals surface area (Å²) in [6.07, 6.45) is 4.19. The minimum absolute atomic E-state index is 0.0915. The van der Waals surface area contributed by atoms with E-state index < -0.39 is 5.63 Å². The quantitative estimate of drug-likeness (QED) is 0.520. The Morgan fingerprint density at radius 1 is 1.21 bits per heavy atom. The van der Waals surface area contributed by atoms with Gasteiger partial charge in [0, 0.05) is 24.5 Å². The van der Waals surface area contributed by atoms with E-state index in [1.807, 2.05) is 6.07 Å². The number of nitrogens with zero attached hydrogens (tertiary/aromatic N) is 2. The van der Waals surface area contributed by atoms with Crippen LogP contribution in [0.2, 0.25) is 0 Å². The molecule has 1 amide bonds. The zero-order valence-corrected chi connectivity index (χ0v) is 13.0. The molecular weight excluding hydrogens is 308 g/mol. The summed E-state index contributed by atoms with van der Waals surface area (Å²) in [6, 6.07) is 7.77. The van der Waals surface area contributed by atoms with Crippen LogP contribution in [0.5, 0.6) is 5.75 Å². The maximum Gasteiger partial charge on any atom is 0.336 e. The second-order valence-electron chi connectivity index (χ2n) is 5.69. The molecule has 0 aliphatic carbocycles. The van der Waals surface area contributed by atoms with Crippen molar-refractivity contribution in [1.82, 2.24) is 4.90 Å². The van der Waals surface area contributed by atoms with E-state index >= 15 is 0 Å². The molecule has 2 heterocycles. The number of phenols is 1. The first-order valence-corrected chi connectivity index (χ1v) is 7.77. The molecule has 122 valence electrons. The number of rotatable bonds is 2. The number of carbonyl (C=O) groups is 1. The molecular formula is C18H16N2O4. The number of carbonyl (C=O) groups excluding carboxylic acids is 1. The smallest absolute Gasteiger partial charge is 0.336 e. The van der Waals surface area contributed by atoms with Gasteiger partial charge in [0.15, 0.2) is 0 Å². The third kappa shape index (κ3) is 3.01. The molecule has 24 heavy (non-hydrogen) atoms. The van der Waals surface area contributed by atoms with Crippen LogP contribution in [0, 0.1) is 11.3 Å². The van der Waals surface area contributed by atoms with E-state index in [2.05, 4.69) is 0 Å². The lowest BCUT2D eigenvalue weighted by atomic mass is 10.0. The van der Waals surface area contributed by atoms with Crippen LogP contribution >= 0.6 is 0 Å². The lowest BCUT2D eigenvalue weighted by Crippen LogP contribution is -2.36. The lowest BCUT2D eigenvalue weighted by Gasteiger charge is -2.26. The van der Waals surface area contributed by atoms with E-state index in [4.69, 9.17) is 4.42 Å². The molecule has 0 unspecified atom stereocenters. The number of nitriles is 1. The molecule has 0 bridgehead atoms. The predicted molar refractivity (Wildman–Crippen MR) is 88.2 cm³/mol. The molecule has 6 heteroatoms. The van der Waals surface area contributed by atoms with Gasteiger partial charge < -0.3 is 14.4 Å². The molecule has 2 aromatic rings. The zero-order valence-electron chi connectivity index (χ0n) is 13.0. The molecule has 3 rings (SSSR count). The van der Waals surface area contributed by atoms with Gasteiger partial charge in [-0.3, -0.25) is 4.79 Å². The van der Waals surface area contributed by atoms with E-state index in [-0.39, 0.29) is 28.4 Å². The molecule has 0 spiro atoms. The van der Waals surface area contributed by atoms with Gasteiger partial charge in [-0.1, -0.05) is 0 Å². The molecule has 0 saturated carbocycles. The van der Waals surface area contributed by atoms with Gasteiger partial charge in [0.1, 0.15) is 23.0 Å². The third-order valence-corrected chi connectivity index (χ3v) is 4.09. The monoisotopic (exact) mass is 324 g/mol. The van der Waals surface area contributed by atoms with Gasteiger partial charge in [0.2, 0.25) is 0 Å². The first-order chi connectivity index (χ1) is 11.6.